The minimum absolute atomic E-state index is 0.317. The molecule has 0 saturated carbocycles. The molecule has 1 aromatic carbocycles. The molecule has 4 heteroatoms. The molecular weight excluding hydrogens is 243 g/mol. The predicted octanol–water partition coefficient (Wildman–Crippen LogP) is 3.21. The maximum Gasteiger partial charge on any atom is 0.0595 e. The molecule has 0 saturated heterocycles. The molecule has 0 aliphatic rings. The van der Waals surface area contributed by atoms with Crippen LogP contribution in [-0.4, -0.2) is 32.6 Å². The van der Waals surface area contributed by atoms with Gasteiger partial charge in [0.05, 0.1) is 10.0 Å². The number of hydrogen-bond acceptors (Lipinski definition) is 2. The van der Waals surface area contributed by atoms with Crippen molar-refractivity contribution in [3.05, 3.63) is 33.8 Å². The van der Waals surface area contributed by atoms with Crippen LogP contribution in [0.25, 0.3) is 0 Å². The highest BCUT2D eigenvalue weighted by molar-refractivity contribution is 6.42. The summed E-state index contributed by atoms with van der Waals surface area (Å²) in [6.07, 6.45) is 1.04. The Kier molecular flexibility index (Phi) is 5.56. The molecule has 0 aliphatic heterocycles. The Balaban J connectivity index is 2.74. The number of nitrogens with one attached hydrogen (secondary N) is 1. The molecule has 16 heavy (non-hydrogen) atoms. The van der Waals surface area contributed by atoms with Gasteiger partial charge in [0.2, 0.25) is 0 Å². The Morgan fingerprint density at radius 2 is 1.94 bits per heavy atom. The topological polar surface area (TPSA) is 15.3 Å². The van der Waals surface area contributed by atoms with Crippen molar-refractivity contribution in [2.75, 3.05) is 27.7 Å². The summed E-state index contributed by atoms with van der Waals surface area (Å²) in [5, 5.41) is 4.51. The van der Waals surface area contributed by atoms with Gasteiger partial charge >= 0.3 is 0 Å². The van der Waals surface area contributed by atoms with Crippen molar-refractivity contribution in [3.8, 4) is 0 Å². The monoisotopic (exact) mass is 260 g/mol. The van der Waals surface area contributed by atoms with Crippen LogP contribution in [0.1, 0.15) is 18.0 Å². The Morgan fingerprint density at radius 1 is 1.25 bits per heavy atom. The van der Waals surface area contributed by atoms with Crippen molar-refractivity contribution < 1.29 is 0 Å². The lowest BCUT2D eigenvalue weighted by atomic mass is 10.0. The summed E-state index contributed by atoms with van der Waals surface area (Å²) in [5.74, 6) is 0. The standard InChI is InChI=1S/C12H18Cl2N2/c1-15-12(6-7-16(2)3)9-4-5-10(13)11(14)8-9/h4-5,8,12,15H,6-7H2,1-3H3. The molecule has 1 aromatic rings. The highest BCUT2D eigenvalue weighted by Crippen LogP contribution is 2.26. The number of rotatable bonds is 5. The van der Waals surface area contributed by atoms with Crippen molar-refractivity contribution >= 4 is 23.2 Å². The molecule has 0 fully saturated rings. The van der Waals surface area contributed by atoms with E-state index in [0.29, 0.717) is 16.1 Å². The smallest absolute Gasteiger partial charge is 0.0595 e. The molecule has 0 aliphatic carbocycles. The highest BCUT2D eigenvalue weighted by atomic mass is 35.5. The minimum atomic E-state index is 0.317. The average molecular weight is 261 g/mol. The predicted molar refractivity (Wildman–Crippen MR) is 71.4 cm³/mol. The lowest BCUT2D eigenvalue weighted by Gasteiger charge is -2.19. The van der Waals surface area contributed by atoms with Gasteiger partial charge in [-0.1, -0.05) is 29.3 Å². The van der Waals surface area contributed by atoms with Crippen LogP contribution in [0.15, 0.2) is 18.2 Å². The number of halogens is 2. The van der Waals surface area contributed by atoms with Gasteiger partial charge in [-0.05, 0) is 51.8 Å². The highest BCUT2D eigenvalue weighted by Gasteiger charge is 2.10. The van der Waals surface area contributed by atoms with Crippen LogP contribution in [0.4, 0.5) is 0 Å². The summed E-state index contributed by atoms with van der Waals surface area (Å²) in [6, 6.07) is 6.11. The van der Waals surface area contributed by atoms with Crippen LogP contribution in [0.3, 0.4) is 0 Å². The fraction of sp³-hybridized carbons (Fsp3) is 0.500. The fourth-order valence-corrected chi connectivity index (χ4v) is 1.90. The summed E-state index contributed by atoms with van der Waals surface area (Å²) >= 11 is 11.9. The second-order valence-electron chi connectivity index (χ2n) is 4.11. The van der Waals surface area contributed by atoms with Crippen LogP contribution >= 0.6 is 23.2 Å². The van der Waals surface area contributed by atoms with E-state index in [1.165, 1.54) is 5.56 Å². The Bertz CT molecular complexity index is 340. The van der Waals surface area contributed by atoms with Gasteiger partial charge in [0.1, 0.15) is 0 Å². The normalized spacial score (nSPS) is 13.1. The van der Waals surface area contributed by atoms with Crippen molar-refractivity contribution in [2.24, 2.45) is 0 Å². The Morgan fingerprint density at radius 3 is 2.44 bits per heavy atom. The third kappa shape index (κ3) is 3.95. The molecule has 90 valence electrons. The summed E-state index contributed by atoms with van der Waals surface area (Å²) in [5.41, 5.74) is 1.18. The van der Waals surface area contributed by atoms with E-state index in [1.807, 2.05) is 25.2 Å². The Labute approximate surface area is 108 Å². The van der Waals surface area contributed by atoms with E-state index in [-0.39, 0.29) is 0 Å². The first-order chi connectivity index (χ1) is 7.54. The molecule has 0 aromatic heterocycles. The SMILES string of the molecule is CNC(CCN(C)C)c1ccc(Cl)c(Cl)c1. The zero-order chi connectivity index (χ0) is 12.1. The third-order valence-electron chi connectivity index (χ3n) is 2.56. The van der Waals surface area contributed by atoms with E-state index >= 15 is 0 Å². The van der Waals surface area contributed by atoms with Gasteiger partial charge in [0, 0.05) is 6.04 Å². The molecule has 1 atom stereocenters. The van der Waals surface area contributed by atoms with E-state index in [9.17, 15) is 0 Å². The first kappa shape index (κ1) is 13.8. The van der Waals surface area contributed by atoms with Gasteiger partial charge in [-0.15, -0.1) is 0 Å². The number of benzene rings is 1. The van der Waals surface area contributed by atoms with E-state index in [0.717, 1.165) is 13.0 Å². The summed E-state index contributed by atoms with van der Waals surface area (Å²) in [4.78, 5) is 2.17. The second-order valence-corrected chi connectivity index (χ2v) is 4.92. The van der Waals surface area contributed by atoms with E-state index < -0.39 is 0 Å². The molecule has 0 bridgehead atoms. The lowest BCUT2D eigenvalue weighted by molar-refractivity contribution is 0.368. The van der Waals surface area contributed by atoms with Gasteiger partial charge in [-0.3, -0.25) is 0 Å². The van der Waals surface area contributed by atoms with Crippen LogP contribution in [0.5, 0.6) is 0 Å². The zero-order valence-electron chi connectivity index (χ0n) is 9.93. The summed E-state index contributed by atoms with van der Waals surface area (Å²) in [7, 11) is 6.10. The maximum absolute atomic E-state index is 6.01. The molecule has 1 N–H and O–H groups in total. The molecule has 2 nitrogen and oxygen atoms in total. The van der Waals surface area contributed by atoms with E-state index in [1.54, 1.807) is 0 Å². The summed E-state index contributed by atoms with van der Waals surface area (Å²) in [6.45, 7) is 1.03. The number of nitrogens with zero attached hydrogens (tertiary/aromatic N) is 1. The molecular formula is C12H18Cl2N2. The summed E-state index contributed by atoms with van der Waals surface area (Å²) < 4.78 is 0. The molecule has 1 rings (SSSR count). The largest absolute Gasteiger partial charge is 0.313 e. The van der Waals surface area contributed by atoms with Crippen molar-refractivity contribution in [3.63, 3.8) is 0 Å². The average Bonchev–Trinajstić information content (AvgIpc) is 2.23. The molecule has 0 spiro atoms. The lowest BCUT2D eigenvalue weighted by Crippen LogP contribution is -2.22. The Hall–Kier alpha value is -0.280. The van der Waals surface area contributed by atoms with Crippen LogP contribution < -0.4 is 5.32 Å². The van der Waals surface area contributed by atoms with E-state index in [2.05, 4.69) is 24.3 Å². The third-order valence-corrected chi connectivity index (χ3v) is 3.30. The van der Waals surface area contributed by atoms with Gasteiger partial charge < -0.3 is 10.2 Å². The number of hydrogen-bond donors (Lipinski definition) is 1. The van der Waals surface area contributed by atoms with Crippen molar-refractivity contribution in [1.29, 1.82) is 0 Å². The van der Waals surface area contributed by atoms with Gasteiger partial charge in [-0.25, -0.2) is 0 Å². The van der Waals surface area contributed by atoms with Crippen LogP contribution in [-0.2, 0) is 0 Å². The first-order valence-electron chi connectivity index (χ1n) is 5.31. The van der Waals surface area contributed by atoms with Crippen LogP contribution in [0.2, 0.25) is 10.0 Å². The van der Waals surface area contributed by atoms with Gasteiger partial charge in [-0.2, -0.15) is 0 Å². The first-order valence-corrected chi connectivity index (χ1v) is 6.07. The van der Waals surface area contributed by atoms with Crippen molar-refractivity contribution in [1.82, 2.24) is 10.2 Å². The van der Waals surface area contributed by atoms with Gasteiger partial charge in [0.25, 0.3) is 0 Å². The quantitative estimate of drug-likeness (QED) is 0.875. The van der Waals surface area contributed by atoms with Crippen molar-refractivity contribution in [2.45, 2.75) is 12.5 Å². The zero-order valence-corrected chi connectivity index (χ0v) is 11.4. The molecule has 0 heterocycles. The van der Waals surface area contributed by atoms with E-state index in [4.69, 9.17) is 23.2 Å². The van der Waals surface area contributed by atoms with Gasteiger partial charge in [0.15, 0.2) is 0 Å². The fourth-order valence-electron chi connectivity index (χ4n) is 1.59. The molecule has 0 radical (unpaired) electrons. The van der Waals surface area contributed by atoms with Crippen LogP contribution in [0, 0.1) is 0 Å². The maximum atomic E-state index is 6.01. The minimum Gasteiger partial charge on any atom is -0.313 e. The molecule has 1 unspecified atom stereocenters. The molecule has 0 amide bonds. The second kappa shape index (κ2) is 6.45.